The summed E-state index contributed by atoms with van der Waals surface area (Å²) in [6.45, 7) is 5.75. The number of amides is 1. The molecule has 4 nitrogen and oxygen atoms in total. The first-order chi connectivity index (χ1) is 10.9. The first kappa shape index (κ1) is 16.7. The largest absolute Gasteiger partial charge is 0.326 e. The number of anilines is 1. The summed E-state index contributed by atoms with van der Waals surface area (Å²) in [7, 11) is 0. The van der Waals surface area contributed by atoms with Crippen molar-refractivity contribution in [3.05, 3.63) is 59.9 Å². The molecular weight excluding hydrogens is 286 g/mol. The molecule has 2 aromatic rings. The zero-order chi connectivity index (χ0) is 16.9. The van der Waals surface area contributed by atoms with Crippen LogP contribution in [0.1, 0.15) is 44.2 Å². The predicted octanol–water partition coefficient (Wildman–Crippen LogP) is 4.02. The van der Waals surface area contributed by atoms with E-state index in [-0.39, 0.29) is 11.8 Å². The SMILES string of the molecule is C[C@@H](CC(=O)Nc1ccc(C(C)(C)C#N)cc1)c1cccnc1. The summed E-state index contributed by atoms with van der Waals surface area (Å²) in [4.78, 5) is 16.2. The standard InChI is InChI=1S/C19H21N3O/c1-14(15-5-4-10-21-12-15)11-18(23)22-17-8-6-16(7-9-17)19(2,3)13-20/h4-10,12,14H,11H2,1-3H3,(H,22,23)/t14-/m0/s1. The maximum Gasteiger partial charge on any atom is 0.224 e. The van der Waals surface area contributed by atoms with Gasteiger partial charge in [-0.15, -0.1) is 0 Å². The number of rotatable bonds is 5. The first-order valence-corrected chi connectivity index (χ1v) is 7.64. The fourth-order valence-electron chi connectivity index (χ4n) is 2.31. The number of aromatic nitrogens is 1. The number of nitriles is 1. The van der Waals surface area contributed by atoms with E-state index in [2.05, 4.69) is 16.4 Å². The summed E-state index contributed by atoms with van der Waals surface area (Å²) in [5.41, 5.74) is 2.19. The van der Waals surface area contributed by atoms with E-state index >= 15 is 0 Å². The van der Waals surface area contributed by atoms with Crippen molar-refractivity contribution in [3.63, 3.8) is 0 Å². The number of carbonyl (C=O) groups is 1. The van der Waals surface area contributed by atoms with Gasteiger partial charge in [0.05, 0.1) is 11.5 Å². The van der Waals surface area contributed by atoms with E-state index in [0.29, 0.717) is 6.42 Å². The van der Waals surface area contributed by atoms with E-state index in [0.717, 1.165) is 16.8 Å². The molecule has 1 N–H and O–H groups in total. The molecule has 1 aromatic heterocycles. The Morgan fingerprint density at radius 1 is 1.30 bits per heavy atom. The third-order valence-corrected chi connectivity index (χ3v) is 3.91. The number of carbonyl (C=O) groups excluding carboxylic acids is 1. The Bertz CT molecular complexity index is 700. The lowest BCUT2D eigenvalue weighted by atomic mass is 9.86. The lowest BCUT2D eigenvalue weighted by Crippen LogP contribution is -2.16. The third-order valence-electron chi connectivity index (χ3n) is 3.91. The van der Waals surface area contributed by atoms with Crippen molar-refractivity contribution < 1.29 is 4.79 Å². The fraction of sp³-hybridized carbons (Fsp3) is 0.316. The molecule has 1 heterocycles. The number of pyridine rings is 1. The van der Waals surface area contributed by atoms with Gasteiger partial charge in [0.15, 0.2) is 0 Å². The minimum absolute atomic E-state index is 0.0337. The summed E-state index contributed by atoms with van der Waals surface area (Å²) in [5.74, 6) is 0.0779. The highest BCUT2D eigenvalue weighted by Crippen LogP contribution is 2.24. The van der Waals surface area contributed by atoms with Crippen LogP contribution in [-0.2, 0) is 10.2 Å². The minimum Gasteiger partial charge on any atom is -0.326 e. The van der Waals surface area contributed by atoms with Crippen LogP contribution in [0.5, 0.6) is 0 Å². The van der Waals surface area contributed by atoms with Gasteiger partial charge < -0.3 is 5.32 Å². The molecule has 0 saturated heterocycles. The van der Waals surface area contributed by atoms with E-state index in [1.165, 1.54) is 0 Å². The molecule has 0 aliphatic heterocycles. The van der Waals surface area contributed by atoms with Crippen molar-refractivity contribution in [1.82, 2.24) is 4.98 Å². The highest BCUT2D eigenvalue weighted by molar-refractivity contribution is 5.91. The van der Waals surface area contributed by atoms with Crippen LogP contribution in [-0.4, -0.2) is 10.9 Å². The van der Waals surface area contributed by atoms with Crippen LogP contribution in [0.4, 0.5) is 5.69 Å². The molecule has 2 rings (SSSR count). The van der Waals surface area contributed by atoms with Crippen LogP contribution in [0.15, 0.2) is 48.8 Å². The van der Waals surface area contributed by atoms with Crippen molar-refractivity contribution in [2.45, 2.75) is 38.5 Å². The molecule has 0 saturated carbocycles. The highest BCUT2D eigenvalue weighted by atomic mass is 16.1. The predicted molar refractivity (Wildman–Crippen MR) is 91.0 cm³/mol. The molecule has 0 unspecified atom stereocenters. The topological polar surface area (TPSA) is 65.8 Å². The Labute approximate surface area is 137 Å². The van der Waals surface area contributed by atoms with Crippen LogP contribution in [0.25, 0.3) is 0 Å². The lowest BCUT2D eigenvalue weighted by molar-refractivity contribution is -0.116. The smallest absolute Gasteiger partial charge is 0.224 e. The molecule has 118 valence electrons. The molecule has 1 aromatic carbocycles. The van der Waals surface area contributed by atoms with E-state index in [1.807, 2.05) is 57.2 Å². The zero-order valence-electron chi connectivity index (χ0n) is 13.7. The normalized spacial score (nSPS) is 12.3. The maximum absolute atomic E-state index is 12.2. The van der Waals surface area contributed by atoms with Crippen molar-refractivity contribution in [2.75, 3.05) is 5.32 Å². The molecule has 1 atom stereocenters. The Hall–Kier alpha value is -2.67. The molecule has 1 amide bonds. The van der Waals surface area contributed by atoms with Gasteiger partial charge in [-0.1, -0.05) is 25.1 Å². The number of nitrogens with one attached hydrogen (secondary N) is 1. The second-order valence-electron chi connectivity index (χ2n) is 6.25. The monoisotopic (exact) mass is 307 g/mol. The summed E-state index contributed by atoms with van der Waals surface area (Å²) in [6.07, 6.45) is 3.91. The van der Waals surface area contributed by atoms with Crippen LogP contribution in [0.2, 0.25) is 0 Å². The maximum atomic E-state index is 12.2. The Balaban J connectivity index is 1.97. The summed E-state index contributed by atoms with van der Waals surface area (Å²) in [6, 6.07) is 13.5. The second kappa shape index (κ2) is 7.06. The van der Waals surface area contributed by atoms with E-state index in [4.69, 9.17) is 5.26 Å². The molecule has 0 aliphatic rings. The zero-order valence-corrected chi connectivity index (χ0v) is 13.7. The quantitative estimate of drug-likeness (QED) is 0.907. The van der Waals surface area contributed by atoms with Crippen LogP contribution < -0.4 is 5.32 Å². The number of hydrogen-bond acceptors (Lipinski definition) is 3. The average Bonchev–Trinajstić information content (AvgIpc) is 2.56. The van der Waals surface area contributed by atoms with Gasteiger partial charge in [0.25, 0.3) is 0 Å². The molecule has 0 radical (unpaired) electrons. The molecule has 4 heteroatoms. The number of benzene rings is 1. The molecule has 0 fully saturated rings. The Morgan fingerprint density at radius 3 is 2.57 bits per heavy atom. The van der Waals surface area contributed by atoms with Crippen LogP contribution >= 0.6 is 0 Å². The minimum atomic E-state index is -0.530. The van der Waals surface area contributed by atoms with Gasteiger partial charge in [0.2, 0.25) is 5.91 Å². The summed E-state index contributed by atoms with van der Waals surface area (Å²) >= 11 is 0. The number of nitrogens with zero attached hydrogens (tertiary/aromatic N) is 2. The first-order valence-electron chi connectivity index (χ1n) is 7.64. The van der Waals surface area contributed by atoms with Gasteiger partial charge in [0.1, 0.15) is 0 Å². The van der Waals surface area contributed by atoms with Gasteiger partial charge in [-0.2, -0.15) is 5.26 Å². The summed E-state index contributed by atoms with van der Waals surface area (Å²) in [5, 5.41) is 12.0. The molecule has 0 bridgehead atoms. The molecule has 23 heavy (non-hydrogen) atoms. The highest BCUT2D eigenvalue weighted by Gasteiger charge is 2.19. The molecule has 0 aliphatic carbocycles. The Kier molecular flexibility index (Phi) is 5.13. The van der Waals surface area contributed by atoms with Gasteiger partial charge in [-0.05, 0) is 49.1 Å². The van der Waals surface area contributed by atoms with E-state index in [1.54, 1.807) is 12.4 Å². The fourth-order valence-corrected chi connectivity index (χ4v) is 2.31. The third kappa shape index (κ3) is 4.40. The van der Waals surface area contributed by atoms with Gasteiger partial charge in [-0.3, -0.25) is 9.78 Å². The van der Waals surface area contributed by atoms with Crippen LogP contribution in [0, 0.1) is 11.3 Å². The summed E-state index contributed by atoms with van der Waals surface area (Å²) < 4.78 is 0. The molecule has 0 spiro atoms. The van der Waals surface area contributed by atoms with Crippen molar-refractivity contribution in [3.8, 4) is 6.07 Å². The van der Waals surface area contributed by atoms with Crippen molar-refractivity contribution in [1.29, 1.82) is 5.26 Å². The average molecular weight is 307 g/mol. The van der Waals surface area contributed by atoms with E-state index < -0.39 is 5.41 Å². The van der Waals surface area contributed by atoms with Crippen molar-refractivity contribution >= 4 is 11.6 Å². The lowest BCUT2D eigenvalue weighted by Gasteiger charge is -2.16. The Morgan fingerprint density at radius 2 is 2.00 bits per heavy atom. The van der Waals surface area contributed by atoms with Gasteiger partial charge >= 0.3 is 0 Å². The van der Waals surface area contributed by atoms with Crippen molar-refractivity contribution in [2.24, 2.45) is 0 Å². The molecular formula is C19H21N3O. The van der Waals surface area contributed by atoms with Gasteiger partial charge in [-0.25, -0.2) is 0 Å². The second-order valence-corrected chi connectivity index (χ2v) is 6.25. The van der Waals surface area contributed by atoms with Gasteiger partial charge in [0, 0.05) is 24.5 Å². The van der Waals surface area contributed by atoms with Crippen LogP contribution in [0.3, 0.4) is 0 Å². The number of hydrogen-bond donors (Lipinski definition) is 1. The van der Waals surface area contributed by atoms with E-state index in [9.17, 15) is 4.79 Å².